The van der Waals surface area contributed by atoms with Crippen molar-refractivity contribution in [2.45, 2.75) is 6.54 Å². The highest BCUT2D eigenvalue weighted by Gasteiger charge is 2.13. The average Bonchev–Trinajstić information content (AvgIpc) is 2.41. The highest BCUT2D eigenvalue weighted by Crippen LogP contribution is 2.28. The number of anilines is 1. The SMILES string of the molecule is O=[N+]([O-])c1cc(Br)ccc1NCc1ccc(Cl)c(F)c1. The van der Waals surface area contributed by atoms with Crippen LogP contribution in [0, 0.1) is 15.9 Å². The molecule has 0 radical (unpaired) electrons. The molecule has 0 spiro atoms. The molecule has 0 aliphatic carbocycles. The Hall–Kier alpha value is -1.66. The minimum atomic E-state index is -0.517. The lowest BCUT2D eigenvalue weighted by Crippen LogP contribution is -2.03. The van der Waals surface area contributed by atoms with Crippen LogP contribution in [-0.4, -0.2) is 4.92 Å². The zero-order valence-electron chi connectivity index (χ0n) is 10.1. The van der Waals surface area contributed by atoms with Crippen molar-refractivity contribution in [1.29, 1.82) is 0 Å². The summed E-state index contributed by atoms with van der Waals surface area (Å²) < 4.78 is 13.9. The summed E-state index contributed by atoms with van der Waals surface area (Å²) in [5, 5.41) is 13.9. The molecule has 0 saturated heterocycles. The molecule has 0 atom stereocenters. The van der Waals surface area contributed by atoms with Gasteiger partial charge in [-0.2, -0.15) is 0 Å². The van der Waals surface area contributed by atoms with Gasteiger partial charge in [-0.3, -0.25) is 10.1 Å². The molecule has 0 fully saturated rings. The van der Waals surface area contributed by atoms with Crippen LogP contribution in [0.2, 0.25) is 5.02 Å². The van der Waals surface area contributed by atoms with Gasteiger partial charge in [-0.15, -0.1) is 0 Å². The van der Waals surface area contributed by atoms with E-state index in [1.165, 1.54) is 18.2 Å². The van der Waals surface area contributed by atoms with Crippen LogP contribution in [0.25, 0.3) is 0 Å². The highest BCUT2D eigenvalue weighted by molar-refractivity contribution is 9.10. The van der Waals surface area contributed by atoms with Crippen LogP contribution in [0.4, 0.5) is 15.8 Å². The third kappa shape index (κ3) is 3.46. The van der Waals surface area contributed by atoms with Gasteiger partial charge in [0, 0.05) is 17.1 Å². The lowest BCUT2D eigenvalue weighted by atomic mass is 10.2. The second kappa shape index (κ2) is 6.19. The van der Waals surface area contributed by atoms with Crippen molar-refractivity contribution in [2.24, 2.45) is 0 Å². The van der Waals surface area contributed by atoms with Crippen molar-refractivity contribution >= 4 is 38.9 Å². The number of nitrogens with one attached hydrogen (secondary N) is 1. The Labute approximate surface area is 127 Å². The molecule has 20 heavy (non-hydrogen) atoms. The topological polar surface area (TPSA) is 55.2 Å². The molecule has 0 bridgehead atoms. The molecule has 2 aromatic carbocycles. The summed E-state index contributed by atoms with van der Waals surface area (Å²) in [6, 6.07) is 9.09. The normalized spacial score (nSPS) is 10.3. The summed E-state index contributed by atoms with van der Waals surface area (Å²) in [5.41, 5.74) is 0.964. The Morgan fingerprint density at radius 2 is 2.05 bits per heavy atom. The van der Waals surface area contributed by atoms with Crippen LogP contribution in [-0.2, 0) is 6.54 Å². The van der Waals surface area contributed by atoms with Gasteiger partial charge in [-0.1, -0.05) is 33.6 Å². The first kappa shape index (κ1) is 14.7. The fourth-order valence-electron chi connectivity index (χ4n) is 1.65. The summed E-state index contributed by atoms with van der Waals surface area (Å²) >= 11 is 8.77. The Bertz CT molecular complexity index is 667. The fourth-order valence-corrected chi connectivity index (χ4v) is 2.12. The van der Waals surface area contributed by atoms with E-state index in [1.807, 2.05) is 0 Å². The van der Waals surface area contributed by atoms with Crippen LogP contribution < -0.4 is 5.32 Å². The summed E-state index contributed by atoms with van der Waals surface area (Å²) in [7, 11) is 0. The Balaban J connectivity index is 2.18. The molecule has 4 nitrogen and oxygen atoms in total. The average molecular weight is 360 g/mol. The van der Waals surface area contributed by atoms with Gasteiger partial charge in [0.15, 0.2) is 0 Å². The number of nitro benzene ring substituents is 1. The molecule has 0 unspecified atom stereocenters. The largest absolute Gasteiger partial charge is 0.375 e. The molecule has 0 aliphatic heterocycles. The van der Waals surface area contributed by atoms with E-state index in [0.29, 0.717) is 15.7 Å². The Morgan fingerprint density at radius 1 is 1.30 bits per heavy atom. The van der Waals surface area contributed by atoms with E-state index in [9.17, 15) is 14.5 Å². The number of nitrogens with zero attached hydrogens (tertiary/aromatic N) is 1. The molecule has 104 valence electrons. The van der Waals surface area contributed by atoms with Crippen molar-refractivity contribution < 1.29 is 9.31 Å². The van der Waals surface area contributed by atoms with Gasteiger partial charge < -0.3 is 5.32 Å². The second-order valence-corrected chi connectivity index (χ2v) is 5.34. The van der Waals surface area contributed by atoms with Crippen LogP contribution in [0.3, 0.4) is 0 Å². The molecule has 0 amide bonds. The summed E-state index contributed by atoms with van der Waals surface area (Å²) in [6.07, 6.45) is 0. The van der Waals surface area contributed by atoms with Crippen LogP contribution in [0.15, 0.2) is 40.9 Å². The number of rotatable bonds is 4. The van der Waals surface area contributed by atoms with Gasteiger partial charge in [-0.05, 0) is 29.8 Å². The minimum absolute atomic E-state index is 0.0448. The van der Waals surface area contributed by atoms with Crippen LogP contribution >= 0.6 is 27.5 Å². The van der Waals surface area contributed by atoms with Crippen molar-refractivity contribution in [1.82, 2.24) is 0 Å². The summed E-state index contributed by atoms with van der Waals surface area (Å²) in [6.45, 7) is 0.260. The molecule has 0 saturated carbocycles. The maximum atomic E-state index is 13.3. The van der Waals surface area contributed by atoms with Gasteiger partial charge in [0.05, 0.1) is 9.95 Å². The molecular weight excluding hydrogens is 351 g/mol. The smallest absolute Gasteiger partial charge is 0.293 e. The lowest BCUT2D eigenvalue weighted by molar-refractivity contribution is -0.384. The van der Waals surface area contributed by atoms with Gasteiger partial charge in [-0.25, -0.2) is 4.39 Å². The quantitative estimate of drug-likeness (QED) is 0.632. The summed E-state index contributed by atoms with van der Waals surface area (Å²) in [4.78, 5) is 10.5. The first-order chi connectivity index (χ1) is 9.47. The molecule has 2 aromatic rings. The predicted molar refractivity (Wildman–Crippen MR) is 79.5 cm³/mol. The molecule has 0 aliphatic rings. The minimum Gasteiger partial charge on any atom is -0.375 e. The predicted octanol–water partition coefficient (Wildman–Crippen LogP) is 4.76. The number of benzene rings is 2. The van der Waals surface area contributed by atoms with E-state index in [-0.39, 0.29) is 17.3 Å². The van der Waals surface area contributed by atoms with Gasteiger partial charge in [0.1, 0.15) is 11.5 Å². The zero-order chi connectivity index (χ0) is 14.7. The van der Waals surface area contributed by atoms with Crippen molar-refractivity contribution in [3.8, 4) is 0 Å². The Morgan fingerprint density at radius 3 is 2.70 bits per heavy atom. The van der Waals surface area contributed by atoms with E-state index < -0.39 is 10.7 Å². The molecule has 0 heterocycles. The molecular formula is C13H9BrClFN2O2. The fraction of sp³-hybridized carbons (Fsp3) is 0.0769. The maximum absolute atomic E-state index is 13.3. The van der Waals surface area contributed by atoms with Gasteiger partial charge in [0.2, 0.25) is 0 Å². The van der Waals surface area contributed by atoms with Crippen LogP contribution in [0.5, 0.6) is 0 Å². The van der Waals surface area contributed by atoms with E-state index in [0.717, 1.165) is 0 Å². The number of halogens is 3. The summed E-state index contributed by atoms with van der Waals surface area (Å²) in [5.74, 6) is -0.517. The first-order valence-corrected chi connectivity index (χ1v) is 6.76. The number of hydrogen-bond acceptors (Lipinski definition) is 3. The standard InChI is InChI=1S/C13H9BrClFN2O2/c14-9-2-4-12(13(6-9)18(19)20)17-7-8-1-3-10(15)11(16)5-8/h1-6,17H,7H2. The Kier molecular flexibility index (Phi) is 4.57. The molecule has 7 heteroatoms. The monoisotopic (exact) mass is 358 g/mol. The third-order valence-electron chi connectivity index (χ3n) is 2.62. The first-order valence-electron chi connectivity index (χ1n) is 5.59. The zero-order valence-corrected chi connectivity index (χ0v) is 12.4. The van der Waals surface area contributed by atoms with Crippen molar-refractivity contribution in [3.05, 3.63) is 67.4 Å². The van der Waals surface area contributed by atoms with Crippen LogP contribution in [0.1, 0.15) is 5.56 Å². The highest BCUT2D eigenvalue weighted by atomic mass is 79.9. The van der Waals surface area contributed by atoms with Gasteiger partial charge >= 0.3 is 0 Å². The van der Waals surface area contributed by atoms with Crippen molar-refractivity contribution in [2.75, 3.05) is 5.32 Å². The van der Waals surface area contributed by atoms with Crippen molar-refractivity contribution in [3.63, 3.8) is 0 Å². The molecule has 0 aromatic heterocycles. The lowest BCUT2D eigenvalue weighted by Gasteiger charge is -2.08. The number of hydrogen-bond donors (Lipinski definition) is 1. The van der Waals surface area contributed by atoms with Gasteiger partial charge in [0.25, 0.3) is 5.69 Å². The van der Waals surface area contributed by atoms with E-state index >= 15 is 0 Å². The third-order valence-corrected chi connectivity index (χ3v) is 3.42. The number of nitro groups is 1. The second-order valence-electron chi connectivity index (χ2n) is 4.02. The van der Waals surface area contributed by atoms with E-state index in [2.05, 4.69) is 21.2 Å². The van der Waals surface area contributed by atoms with E-state index in [1.54, 1.807) is 18.2 Å². The maximum Gasteiger partial charge on any atom is 0.293 e. The molecule has 1 N–H and O–H groups in total. The van der Waals surface area contributed by atoms with E-state index in [4.69, 9.17) is 11.6 Å². The molecule has 2 rings (SSSR count).